The minimum atomic E-state index is -3.62. The molecule has 0 aliphatic heterocycles. The van der Waals surface area contributed by atoms with E-state index in [4.69, 9.17) is 5.11 Å². The number of halogens is 1. The van der Waals surface area contributed by atoms with Crippen LogP contribution in [0.3, 0.4) is 0 Å². The molecule has 7 heteroatoms. The zero-order valence-corrected chi connectivity index (χ0v) is 14.2. The van der Waals surface area contributed by atoms with Gasteiger partial charge in [0.1, 0.15) is 4.21 Å². The van der Waals surface area contributed by atoms with Crippen LogP contribution >= 0.6 is 27.3 Å². The lowest BCUT2D eigenvalue weighted by Gasteiger charge is -2.13. The van der Waals surface area contributed by atoms with E-state index in [-0.39, 0.29) is 10.8 Å². The number of sulfonamides is 1. The van der Waals surface area contributed by atoms with E-state index < -0.39 is 10.0 Å². The number of anilines is 1. The molecule has 0 aliphatic carbocycles. The molecule has 0 bridgehead atoms. The summed E-state index contributed by atoms with van der Waals surface area (Å²) < 4.78 is 28.4. The standard InChI is InChI=1S/C13H14BrNO3S2/c1-8-5-10(14)6-9(2)13(8)15-20(17,18)12-4-3-11(7-16)19-12/h3-6,15-16H,7H2,1-2H3. The largest absolute Gasteiger partial charge is 0.391 e. The maximum absolute atomic E-state index is 12.3. The molecule has 0 aliphatic rings. The molecule has 1 heterocycles. The van der Waals surface area contributed by atoms with Gasteiger partial charge in [-0.05, 0) is 49.2 Å². The molecule has 108 valence electrons. The lowest BCUT2D eigenvalue weighted by molar-refractivity contribution is 0.285. The summed E-state index contributed by atoms with van der Waals surface area (Å²) in [5, 5.41) is 9.02. The molecule has 20 heavy (non-hydrogen) atoms. The van der Waals surface area contributed by atoms with E-state index >= 15 is 0 Å². The number of thiophene rings is 1. The minimum absolute atomic E-state index is 0.156. The molecule has 0 saturated heterocycles. The summed E-state index contributed by atoms with van der Waals surface area (Å²) in [7, 11) is -3.62. The Balaban J connectivity index is 2.38. The van der Waals surface area contributed by atoms with E-state index in [1.165, 1.54) is 6.07 Å². The highest BCUT2D eigenvalue weighted by Crippen LogP contribution is 2.29. The van der Waals surface area contributed by atoms with Gasteiger partial charge in [0.2, 0.25) is 0 Å². The molecule has 0 atom stereocenters. The number of aliphatic hydroxyl groups excluding tert-OH is 1. The predicted octanol–water partition coefficient (Wildman–Crippen LogP) is 3.42. The molecule has 4 nitrogen and oxygen atoms in total. The Kier molecular flexibility index (Phi) is 4.53. The van der Waals surface area contributed by atoms with Crippen molar-refractivity contribution in [3.8, 4) is 0 Å². The van der Waals surface area contributed by atoms with Crippen LogP contribution < -0.4 is 4.72 Å². The number of aliphatic hydroxyl groups is 1. The monoisotopic (exact) mass is 375 g/mol. The summed E-state index contributed by atoms with van der Waals surface area (Å²) in [6.07, 6.45) is 0. The van der Waals surface area contributed by atoms with E-state index in [1.54, 1.807) is 6.07 Å². The zero-order chi connectivity index (χ0) is 14.9. The van der Waals surface area contributed by atoms with Crippen molar-refractivity contribution in [2.75, 3.05) is 4.72 Å². The Morgan fingerprint density at radius 1 is 1.25 bits per heavy atom. The molecule has 2 N–H and O–H groups in total. The van der Waals surface area contributed by atoms with Crippen molar-refractivity contribution in [3.63, 3.8) is 0 Å². The van der Waals surface area contributed by atoms with Crippen LogP contribution in [0.2, 0.25) is 0 Å². The summed E-state index contributed by atoms with van der Waals surface area (Å²) in [5.41, 5.74) is 2.28. The number of hydrogen-bond acceptors (Lipinski definition) is 4. The van der Waals surface area contributed by atoms with Crippen molar-refractivity contribution in [3.05, 3.63) is 44.7 Å². The third-order valence-corrected chi connectivity index (χ3v) is 6.16. The van der Waals surface area contributed by atoms with E-state index in [0.717, 1.165) is 26.9 Å². The average molecular weight is 376 g/mol. The minimum Gasteiger partial charge on any atom is -0.391 e. The summed E-state index contributed by atoms with van der Waals surface area (Å²) >= 11 is 4.45. The van der Waals surface area contributed by atoms with Crippen LogP contribution in [0.1, 0.15) is 16.0 Å². The van der Waals surface area contributed by atoms with Crippen LogP contribution in [-0.4, -0.2) is 13.5 Å². The third-order valence-electron chi connectivity index (χ3n) is 2.79. The number of benzene rings is 1. The summed E-state index contributed by atoms with van der Waals surface area (Å²) in [4.78, 5) is 0.620. The molecule has 0 unspecified atom stereocenters. The Hall–Kier alpha value is -0.890. The topological polar surface area (TPSA) is 66.4 Å². The average Bonchev–Trinajstić information content (AvgIpc) is 2.83. The summed E-state index contributed by atoms with van der Waals surface area (Å²) in [5.74, 6) is 0. The van der Waals surface area contributed by atoms with Gasteiger partial charge in [-0.3, -0.25) is 4.72 Å². The van der Waals surface area contributed by atoms with Gasteiger partial charge in [-0.2, -0.15) is 0 Å². The first-order valence-electron chi connectivity index (χ1n) is 5.82. The number of nitrogens with one attached hydrogen (secondary N) is 1. The first-order valence-corrected chi connectivity index (χ1v) is 8.92. The fraction of sp³-hybridized carbons (Fsp3) is 0.231. The maximum Gasteiger partial charge on any atom is 0.271 e. The SMILES string of the molecule is Cc1cc(Br)cc(C)c1NS(=O)(=O)c1ccc(CO)s1. The lowest BCUT2D eigenvalue weighted by Crippen LogP contribution is -2.13. The zero-order valence-electron chi connectivity index (χ0n) is 11.0. The second-order valence-electron chi connectivity index (χ2n) is 4.40. The highest BCUT2D eigenvalue weighted by molar-refractivity contribution is 9.10. The molecule has 1 aromatic carbocycles. The molecule has 0 amide bonds. The van der Waals surface area contributed by atoms with Crippen LogP contribution in [0.25, 0.3) is 0 Å². The Labute approximate surface area is 130 Å². The van der Waals surface area contributed by atoms with Crippen molar-refractivity contribution in [2.45, 2.75) is 24.7 Å². The number of hydrogen-bond donors (Lipinski definition) is 2. The molecule has 2 rings (SSSR count). The second kappa shape index (κ2) is 5.85. The smallest absolute Gasteiger partial charge is 0.271 e. The van der Waals surface area contributed by atoms with Crippen LogP contribution in [0.4, 0.5) is 5.69 Å². The van der Waals surface area contributed by atoms with E-state index in [0.29, 0.717) is 10.6 Å². The Morgan fingerprint density at radius 3 is 2.35 bits per heavy atom. The first kappa shape index (κ1) is 15.5. The van der Waals surface area contributed by atoms with Gasteiger partial charge in [-0.25, -0.2) is 8.42 Å². The van der Waals surface area contributed by atoms with E-state index in [1.807, 2.05) is 26.0 Å². The predicted molar refractivity (Wildman–Crippen MR) is 84.7 cm³/mol. The molecule has 0 fully saturated rings. The molecular formula is C13H14BrNO3S2. The summed E-state index contributed by atoms with van der Waals surface area (Å²) in [6.45, 7) is 3.54. The van der Waals surface area contributed by atoms with Gasteiger partial charge >= 0.3 is 0 Å². The lowest BCUT2D eigenvalue weighted by atomic mass is 10.1. The molecule has 1 aromatic heterocycles. The van der Waals surface area contributed by atoms with Crippen molar-refractivity contribution in [1.82, 2.24) is 0 Å². The van der Waals surface area contributed by atoms with Crippen molar-refractivity contribution >= 4 is 43.0 Å². The van der Waals surface area contributed by atoms with Gasteiger partial charge in [-0.15, -0.1) is 11.3 Å². The number of aryl methyl sites for hydroxylation is 2. The second-order valence-corrected chi connectivity index (χ2v) is 8.39. The van der Waals surface area contributed by atoms with Gasteiger partial charge in [0.15, 0.2) is 0 Å². The fourth-order valence-corrected chi connectivity index (χ4v) is 4.95. The molecule has 2 aromatic rings. The normalized spacial score (nSPS) is 11.6. The molecule has 0 saturated carbocycles. The van der Waals surface area contributed by atoms with Gasteiger partial charge in [0.25, 0.3) is 10.0 Å². The highest BCUT2D eigenvalue weighted by Gasteiger charge is 2.19. The van der Waals surface area contributed by atoms with E-state index in [2.05, 4.69) is 20.7 Å². The Morgan fingerprint density at radius 2 is 1.85 bits per heavy atom. The van der Waals surface area contributed by atoms with Crippen LogP contribution in [-0.2, 0) is 16.6 Å². The van der Waals surface area contributed by atoms with Gasteiger partial charge < -0.3 is 5.11 Å². The molecular weight excluding hydrogens is 362 g/mol. The fourth-order valence-electron chi connectivity index (χ4n) is 1.84. The highest BCUT2D eigenvalue weighted by atomic mass is 79.9. The van der Waals surface area contributed by atoms with Crippen LogP contribution in [0.5, 0.6) is 0 Å². The third kappa shape index (κ3) is 3.22. The van der Waals surface area contributed by atoms with Crippen molar-refractivity contribution in [1.29, 1.82) is 0 Å². The Bertz CT molecular complexity index is 715. The van der Waals surface area contributed by atoms with Gasteiger partial charge in [-0.1, -0.05) is 15.9 Å². The van der Waals surface area contributed by atoms with Crippen LogP contribution in [0.15, 0.2) is 32.9 Å². The maximum atomic E-state index is 12.3. The van der Waals surface area contributed by atoms with Gasteiger partial charge in [0.05, 0.1) is 12.3 Å². The van der Waals surface area contributed by atoms with E-state index in [9.17, 15) is 8.42 Å². The number of rotatable bonds is 4. The van der Waals surface area contributed by atoms with Crippen molar-refractivity contribution in [2.24, 2.45) is 0 Å². The quantitative estimate of drug-likeness (QED) is 0.859. The van der Waals surface area contributed by atoms with Crippen LogP contribution in [0, 0.1) is 13.8 Å². The van der Waals surface area contributed by atoms with Gasteiger partial charge in [0, 0.05) is 9.35 Å². The van der Waals surface area contributed by atoms with Crippen molar-refractivity contribution < 1.29 is 13.5 Å². The first-order chi connectivity index (χ1) is 9.33. The summed E-state index contributed by atoms with van der Waals surface area (Å²) in [6, 6.07) is 6.83. The molecule has 0 spiro atoms. The molecule has 0 radical (unpaired) electrons.